The van der Waals surface area contributed by atoms with Gasteiger partial charge < -0.3 is 11.1 Å². The Hall–Kier alpha value is -3.21. The van der Waals surface area contributed by atoms with Gasteiger partial charge in [0.2, 0.25) is 0 Å². The van der Waals surface area contributed by atoms with E-state index in [-0.39, 0.29) is 29.6 Å². The monoisotopic (exact) mass is 331 g/mol. The van der Waals surface area contributed by atoms with Crippen LogP contribution in [0.15, 0.2) is 60.8 Å². The van der Waals surface area contributed by atoms with Gasteiger partial charge in [-0.1, -0.05) is 54.6 Å². The highest BCUT2D eigenvalue weighted by atomic mass is 16.2. The molecule has 2 aromatic carbocycles. The summed E-state index contributed by atoms with van der Waals surface area (Å²) >= 11 is 0. The molecule has 0 saturated carbocycles. The smallest absolute Gasteiger partial charge is 0.272 e. The minimum Gasteiger partial charge on any atom is -0.382 e. The van der Waals surface area contributed by atoms with Gasteiger partial charge in [0, 0.05) is 5.56 Å². The number of carbonyl (C=O) groups is 1. The largest absolute Gasteiger partial charge is 0.382 e. The third kappa shape index (κ3) is 2.96. The SMILES string of the molecule is [2H]c1nc(-c2ccccc2)c(C(=O)N[C@@H]2CCc3ccccc32)nc1N. The molecular formula is C20H18N4O. The van der Waals surface area contributed by atoms with Gasteiger partial charge in [-0.3, -0.25) is 4.79 Å². The molecule has 0 bridgehead atoms. The molecule has 0 aliphatic heterocycles. The van der Waals surface area contributed by atoms with Crippen LogP contribution in [0.5, 0.6) is 0 Å². The van der Waals surface area contributed by atoms with Gasteiger partial charge in [0.1, 0.15) is 11.5 Å². The average Bonchev–Trinajstić information content (AvgIpc) is 3.07. The van der Waals surface area contributed by atoms with Crippen molar-refractivity contribution in [2.24, 2.45) is 0 Å². The molecule has 0 radical (unpaired) electrons. The van der Waals surface area contributed by atoms with Crippen LogP contribution < -0.4 is 11.1 Å². The fourth-order valence-electron chi connectivity index (χ4n) is 3.25. The van der Waals surface area contributed by atoms with E-state index >= 15 is 0 Å². The van der Waals surface area contributed by atoms with Crippen molar-refractivity contribution in [2.45, 2.75) is 18.9 Å². The van der Waals surface area contributed by atoms with Gasteiger partial charge in [-0.25, -0.2) is 9.97 Å². The van der Waals surface area contributed by atoms with E-state index in [1.807, 2.05) is 48.5 Å². The molecule has 1 amide bonds. The molecule has 0 spiro atoms. The third-order valence-electron chi connectivity index (χ3n) is 4.44. The molecule has 1 heterocycles. The zero-order valence-corrected chi connectivity index (χ0v) is 13.6. The van der Waals surface area contributed by atoms with Gasteiger partial charge in [-0.2, -0.15) is 0 Å². The fourth-order valence-corrected chi connectivity index (χ4v) is 3.25. The Balaban J connectivity index is 1.69. The first-order valence-electron chi connectivity index (χ1n) is 8.71. The highest BCUT2D eigenvalue weighted by molar-refractivity contribution is 5.98. The number of amides is 1. The van der Waals surface area contributed by atoms with Crippen LogP contribution in [0.25, 0.3) is 11.3 Å². The first kappa shape index (κ1) is 14.2. The molecule has 25 heavy (non-hydrogen) atoms. The number of nitrogen functional groups attached to an aromatic ring is 1. The summed E-state index contributed by atoms with van der Waals surface area (Å²) in [4.78, 5) is 21.3. The molecule has 5 heteroatoms. The van der Waals surface area contributed by atoms with Gasteiger partial charge in [-0.15, -0.1) is 0 Å². The lowest BCUT2D eigenvalue weighted by Crippen LogP contribution is -2.29. The van der Waals surface area contributed by atoms with Crippen molar-refractivity contribution in [3.05, 3.63) is 77.6 Å². The summed E-state index contributed by atoms with van der Waals surface area (Å²) in [5.41, 5.74) is 9.39. The average molecular weight is 331 g/mol. The Morgan fingerprint density at radius 1 is 1.16 bits per heavy atom. The molecule has 0 unspecified atom stereocenters. The summed E-state index contributed by atoms with van der Waals surface area (Å²) in [7, 11) is 0. The summed E-state index contributed by atoms with van der Waals surface area (Å²) in [6.07, 6.45) is 1.66. The number of carbonyl (C=O) groups excluding carboxylic acids is 1. The minimum atomic E-state index is -0.329. The molecule has 3 N–H and O–H groups in total. The Labute approximate surface area is 147 Å². The third-order valence-corrected chi connectivity index (χ3v) is 4.44. The first-order valence-corrected chi connectivity index (χ1v) is 8.21. The molecule has 5 nitrogen and oxygen atoms in total. The van der Waals surface area contributed by atoms with Crippen LogP contribution in [0, 0.1) is 0 Å². The Morgan fingerprint density at radius 3 is 2.76 bits per heavy atom. The van der Waals surface area contributed by atoms with Crippen molar-refractivity contribution in [1.29, 1.82) is 0 Å². The van der Waals surface area contributed by atoms with Gasteiger partial charge in [0.05, 0.1) is 13.6 Å². The maximum Gasteiger partial charge on any atom is 0.272 e. The first-order chi connectivity index (χ1) is 12.6. The number of hydrogen-bond acceptors (Lipinski definition) is 4. The van der Waals surface area contributed by atoms with E-state index in [4.69, 9.17) is 7.10 Å². The predicted octanol–water partition coefficient (Wildman–Crippen LogP) is 3.14. The normalized spacial score (nSPS) is 16.2. The summed E-state index contributed by atoms with van der Waals surface area (Å²) < 4.78 is 7.84. The predicted molar refractivity (Wildman–Crippen MR) is 96.9 cm³/mol. The van der Waals surface area contributed by atoms with Crippen molar-refractivity contribution >= 4 is 11.7 Å². The summed E-state index contributed by atoms with van der Waals surface area (Å²) in [6, 6.07) is 17.3. The van der Waals surface area contributed by atoms with E-state index in [2.05, 4.69) is 21.4 Å². The van der Waals surface area contributed by atoms with Crippen LogP contribution in [0.1, 0.15) is 35.4 Å². The van der Waals surface area contributed by atoms with Crippen LogP contribution in [0.4, 0.5) is 5.82 Å². The van der Waals surface area contributed by atoms with Crippen molar-refractivity contribution in [3.8, 4) is 11.3 Å². The Kier molecular flexibility index (Phi) is 3.60. The van der Waals surface area contributed by atoms with E-state index in [0.29, 0.717) is 5.69 Å². The summed E-state index contributed by atoms with van der Waals surface area (Å²) in [6.45, 7) is 0. The molecule has 1 aromatic heterocycles. The molecule has 124 valence electrons. The highest BCUT2D eigenvalue weighted by Gasteiger charge is 2.26. The minimum absolute atomic E-state index is 0.0540. The number of anilines is 1. The van der Waals surface area contributed by atoms with E-state index in [1.165, 1.54) is 5.56 Å². The van der Waals surface area contributed by atoms with Gasteiger partial charge in [-0.05, 0) is 24.0 Å². The summed E-state index contributed by atoms with van der Waals surface area (Å²) in [5, 5.41) is 3.05. The van der Waals surface area contributed by atoms with Crippen LogP contribution in [0.3, 0.4) is 0 Å². The number of aromatic nitrogens is 2. The molecule has 0 fully saturated rings. The van der Waals surface area contributed by atoms with E-state index in [0.717, 1.165) is 24.0 Å². The van der Waals surface area contributed by atoms with Gasteiger partial charge in [0.15, 0.2) is 5.69 Å². The maximum atomic E-state index is 12.9. The van der Waals surface area contributed by atoms with Crippen LogP contribution >= 0.6 is 0 Å². The Morgan fingerprint density at radius 2 is 1.92 bits per heavy atom. The molecule has 0 saturated heterocycles. The van der Waals surface area contributed by atoms with Crippen LogP contribution in [0.2, 0.25) is 0 Å². The van der Waals surface area contributed by atoms with Crippen LogP contribution in [-0.4, -0.2) is 15.9 Å². The lowest BCUT2D eigenvalue weighted by molar-refractivity contribution is 0.0932. The number of nitrogens with zero attached hydrogens (tertiary/aromatic N) is 2. The van der Waals surface area contributed by atoms with E-state index in [1.54, 1.807) is 0 Å². The lowest BCUT2D eigenvalue weighted by Gasteiger charge is -2.15. The van der Waals surface area contributed by atoms with E-state index < -0.39 is 0 Å². The second-order valence-corrected chi connectivity index (χ2v) is 6.05. The lowest BCUT2D eigenvalue weighted by atomic mass is 10.1. The van der Waals surface area contributed by atoms with Crippen molar-refractivity contribution in [3.63, 3.8) is 0 Å². The quantitative estimate of drug-likeness (QED) is 0.772. The molecule has 1 atom stereocenters. The summed E-state index contributed by atoms with van der Waals surface area (Å²) in [5.74, 6) is -0.383. The van der Waals surface area contributed by atoms with Crippen LogP contribution in [-0.2, 0) is 6.42 Å². The number of nitrogens with one attached hydrogen (secondary N) is 1. The topological polar surface area (TPSA) is 80.9 Å². The zero-order chi connectivity index (χ0) is 18.1. The molecule has 1 aliphatic rings. The highest BCUT2D eigenvalue weighted by Crippen LogP contribution is 2.31. The molecule has 3 aromatic rings. The van der Waals surface area contributed by atoms with Crippen molar-refractivity contribution in [2.75, 3.05) is 5.73 Å². The fraction of sp³-hybridized carbons (Fsp3) is 0.150. The molecular weight excluding hydrogens is 312 g/mol. The molecule has 4 rings (SSSR count). The number of nitrogens with two attached hydrogens (primary N) is 1. The second kappa shape index (κ2) is 6.36. The van der Waals surface area contributed by atoms with Gasteiger partial charge in [0.25, 0.3) is 5.91 Å². The Bertz CT molecular complexity index is 975. The van der Waals surface area contributed by atoms with Crippen molar-refractivity contribution < 1.29 is 6.17 Å². The maximum absolute atomic E-state index is 12.9. The number of hydrogen-bond donors (Lipinski definition) is 2. The zero-order valence-electron chi connectivity index (χ0n) is 14.6. The van der Waals surface area contributed by atoms with Gasteiger partial charge >= 0.3 is 0 Å². The number of aryl methyl sites for hydroxylation is 1. The molecule has 1 aliphatic carbocycles. The standard InChI is InChI=1S/C20H18N4O/c21-17-12-22-18(14-7-2-1-3-8-14)19(24-17)20(25)23-16-11-10-13-6-4-5-9-15(13)16/h1-9,12,16H,10-11H2,(H2,21,24)(H,23,25)/t16-/m1/s1/i12D. The van der Waals surface area contributed by atoms with Crippen molar-refractivity contribution in [1.82, 2.24) is 15.3 Å². The van der Waals surface area contributed by atoms with E-state index in [9.17, 15) is 4.79 Å². The second-order valence-electron chi connectivity index (χ2n) is 6.05. The number of rotatable bonds is 3. The number of benzene rings is 2. The number of fused-ring (bicyclic) bond motifs is 1.